The first-order valence-electron chi connectivity index (χ1n) is 24.8. The van der Waals surface area contributed by atoms with Gasteiger partial charge in [-0.1, -0.05) is 66.7 Å². The lowest BCUT2D eigenvalue weighted by molar-refractivity contribution is -0.139. The summed E-state index contributed by atoms with van der Waals surface area (Å²) in [5.41, 5.74) is 6.98. The van der Waals surface area contributed by atoms with E-state index in [1.165, 1.54) is 11.3 Å². The number of piperazine rings is 1. The number of ether oxygens (including phenoxy) is 3. The van der Waals surface area contributed by atoms with Crippen LogP contribution in [0.5, 0.6) is 0 Å². The summed E-state index contributed by atoms with van der Waals surface area (Å²) in [4.78, 5) is 91.0. The molecule has 382 valence electrons. The van der Waals surface area contributed by atoms with Crippen molar-refractivity contribution in [3.63, 3.8) is 0 Å². The molecule has 19 heteroatoms. The largest absolute Gasteiger partial charge is 0.379 e. The molecule has 0 saturated carbocycles. The molecule has 2 atom stereocenters. The topological polar surface area (TPSA) is 195 Å². The van der Waals surface area contributed by atoms with E-state index in [0.29, 0.717) is 80.1 Å². The molecule has 0 radical (unpaired) electrons. The number of piperidine rings is 1. The molecular weight excluding hydrogens is 951 g/mol. The Hall–Kier alpha value is -6.87. The minimum Gasteiger partial charge on any atom is -0.379 e. The molecule has 3 saturated heterocycles. The molecule has 5 heterocycles. The number of carbonyl (C=O) groups excluding carboxylic acids is 6. The van der Waals surface area contributed by atoms with Gasteiger partial charge in [0, 0.05) is 93.8 Å². The standard InChI is InChI=1S/C54H61N9O9S/c1-37-6-5-9-45(48(37)53(69)63(36-64)46-16-17-47(65)57-50(46)66)56-42-34-60(35-42)24-26-71-28-30-72-29-27-70-25-23-59-19-21-61(22-20-59)43-14-12-38(13-15-43)40-10-11-41-33-62(52(68)44(41)32-40)49(39-7-3-2-4-8-39)51(67)58-54-55-18-31-73-54/h2-15,18,31-32,36,42,46,49,56H,16-17,19-30,33-35H2,1H3,(H,55,58,67)(H,57,65,66). The van der Waals surface area contributed by atoms with Gasteiger partial charge in [0.2, 0.25) is 18.2 Å². The highest BCUT2D eigenvalue weighted by Gasteiger charge is 2.39. The quantitative estimate of drug-likeness (QED) is 0.0458. The predicted molar refractivity (Wildman–Crippen MR) is 276 cm³/mol. The number of nitrogens with one attached hydrogen (secondary N) is 3. The second-order valence-electron chi connectivity index (χ2n) is 18.5. The summed E-state index contributed by atoms with van der Waals surface area (Å²) < 4.78 is 17.4. The zero-order valence-corrected chi connectivity index (χ0v) is 41.7. The normalized spacial score (nSPS) is 17.7. The van der Waals surface area contributed by atoms with E-state index in [1.807, 2.05) is 54.6 Å². The molecular formula is C54H61N9O9S. The lowest BCUT2D eigenvalue weighted by Gasteiger charge is -2.40. The SMILES string of the molecule is Cc1cccc(NC2CN(CCOCCOCCOCCN3CCN(c4ccc(-c5ccc6c(c5)C(=O)N(C(C(=O)Nc5nccs5)c5ccccc5)C6)cc4)CC3)C2)c1C(=O)N(C=O)C1CCC(=O)NC1=O. The molecule has 1 aromatic heterocycles. The van der Waals surface area contributed by atoms with Gasteiger partial charge in [-0.3, -0.25) is 54.1 Å². The molecule has 4 aromatic carbocycles. The van der Waals surface area contributed by atoms with Crippen LogP contribution in [0.4, 0.5) is 16.5 Å². The summed E-state index contributed by atoms with van der Waals surface area (Å²) in [7, 11) is 0. The number of carbonyl (C=O) groups is 6. The Labute approximate surface area is 428 Å². The van der Waals surface area contributed by atoms with Crippen molar-refractivity contribution in [1.29, 1.82) is 0 Å². The van der Waals surface area contributed by atoms with Crippen molar-refractivity contribution in [3.05, 3.63) is 130 Å². The number of likely N-dealkylation sites (tertiary alicyclic amines) is 1. The van der Waals surface area contributed by atoms with Crippen LogP contribution in [0.1, 0.15) is 56.3 Å². The van der Waals surface area contributed by atoms with Crippen molar-refractivity contribution >= 4 is 63.8 Å². The van der Waals surface area contributed by atoms with E-state index in [1.54, 1.807) is 35.5 Å². The number of hydrogen-bond donors (Lipinski definition) is 3. The monoisotopic (exact) mass is 1010 g/mol. The molecule has 5 aromatic rings. The van der Waals surface area contributed by atoms with E-state index in [4.69, 9.17) is 14.2 Å². The number of nitrogens with zero attached hydrogens (tertiary/aromatic N) is 6. The van der Waals surface area contributed by atoms with E-state index < -0.39 is 29.8 Å². The van der Waals surface area contributed by atoms with Gasteiger partial charge in [0.1, 0.15) is 12.1 Å². The molecule has 4 aliphatic rings. The summed E-state index contributed by atoms with van der Waals surface area (Å²) in [6.45, 7) is 12.1. The summed E-state index contributed by atoms with van der Waals surface area (Å²) >= 11 is 1.34. The van der Waals surface area contributed by atoms with E-state index in [2.05, 4.69) is 59.9 Å². The Bertz CT molecular complexity index is 2730. The fourth-order valence-electron chi connectivity index (χ4n) is 9.78. The zero-order valence-electron chi connectivity index (χ0n) is 40.9. The second-order valence-corrected chi connectivity index (χ2v) is 19.4. The Kier molecular flexibility index (Phi) is 16.9. The molecule has 3 N–H and O–H groups in total. The fraction of sp³-hybridized carbons (Fsp3) is 0.389. The molecule has 73 heavy (non-hydrogen) atoms. The number of anilines is 3. The van der Waals surface area contributed by atoms with Crippen molar-refractivity contribution in [3.8, 4) is 11.1 Å². The minimum absolute atomic E-state index is 0.0602. The first-order valence-corrected chi connectivity index (χ1v) is 25.7. The van der Waals surface area contributed by atoms with Gasteiger partial charge in [0.05, 0.1) is 51.2 Å². The third kappa shape index (κ3) is 12.5. The Balaban J connectivity index is 0.621. The smallest absolute Gasteiger partial charge is 0.263 e. The van der Waals surface area contributed by atoms with Crippen molar-refractivity contribution in [2.45, 2.75) is 44.4 Å². The van der Waals surface area contributed by atoms with Crippen LogP contribution in [0, 0.1) is 6.92 Å². The van der Waals surface area contributed by atoms with Crippen LogP contribution < -0.4 is 20.9 Å². The van der Waals surface area contributed by atoms with Crippen molar-refractivity contribution < 1.29 is 43.0 Å². The maximum atomic E-state index is 14.0. The van der Waals surface area contributed by atoms with Crippen LogP contribution >= 0.6 is 11.3 Å². The van der Waals surface area contributed by atoms with E-state index in [0.717, 1.165) is 85.2 Å². The van der Waals surface area contributed by atoms with Gasteiger partial charge in [-0.15, -0.1) is 11.3 Å². The molecule has 18 nitrogen and oxygen atoms in total. The highest BCUT2D eigenvalue weighted by atomic mass is 32.1. The zero-order chi connectivity index (χ0) is 50.7. The summed E-state index contributed by atoms with van der Waals surface area (Å²) in [6, 6.07) is 27.6. The highest BCUT2D eigenvalue weighted by molar-refractivity contribution is 7.13. The summed E-state index contributed by atoms with van der Waals surface area (Å²) in [5, 5.41) is 10.8. The fourth-order valence-corrected chi connectivity index (χ4v) is 10.3. The van der Waals surface area contributed by atoms with E-state index in [-0.39, 0.29) is 30.7 Å². The molecule has 2 unspecified atom stereocenters. The van der Waals surface area contributed by atoms with Gasteiger partial charge in [0.15, 0.2) is 5.13 Å². The van der Waals surface area contributed by atoms with Crippen LogP contribution in [-0.2, 0) is 39.9 Å². The van der Waals surface area contributed by atoms with Crippen LogP contribution in [-0.4, -0.2) is 165 Å². The third-order valence-corrected chi connectivity index (χ3v) is 14.5. The number of thiazole rings is 1. The number of aromatic nitrogens is 1. The number of amides is 6. The summed E-state index contributed by atoms with van der Waals surface area (Å²) in [5.74, 6) is -2.11. The van der Waals surface area contributed by atoms with Crippen molar-refractivity contribution in [2.75, 3.05) is 108 Å². The predicted octanol–water partition coefficient (Wildman–Crippen LogP) is 4.83. The second kappa shape index (κ2) is 24.2. The summed E-state index contributed by atoms with van der Waals surface area (Å²) in [6.07, 6.45) is 2.16. The maximum absolute atomic E-state index is 14.0. The average molecular weight is 1010 g/mol. The van der Waals surface area contributed by atoms with E-state index >= 15 is 0 Å². The van der Waals surface area contributed by atoms with Gasteiger partial charge in [-0.25, -0.2) is 4.98 Å². The Morgan fingerprint density at radius 3 is 2.22 bits per heavy atom. The van der Waals surface area contributed by atoms with Crippen LogP contribution in [0.25, 0.3) is 11.1 Å². The number of hydrogen-bond acceptors (Lipinski definition) is 15. The van der Waals surface area contributed by atoms with Gasteiger partial charge < -0.3 is 29.3 Å². The molecule has 0 spiro atoms. The average Bonchev–Trinajstić information content (AvgIpc) is 4.02. The molecule has 9 rings (SSSR count). The van der Waals surface area contributed by atoms with Gasteiger partial charge in [0.25, 0.3) is 17.7 Å². The number of aryl methyl sites for hydroxylation is 1. The first kappa shape index (κ1) is 51.0. The lowest BCUT2D eigenvalue weighted by Crippen LogP contribution is -2.56. The van der Waals surface area contributed by atoms with E-state index in [9.17, 15) is 28.8 Å². The molecule has 0 aliphatic carbocycles. The molecule has 0 bridgehead atoms. The Morgan fingerprint density at radius 1 is 0.836 bits per heavy atom. The third-order valence-electron chi connectivity index (χ3n) is 13.8. The number of benzene rings is 4. The highest BCUT2D eigenvalue weighted by Crippen LogP contribution is 2.36. The van der Waals surface area contributed by atoms with Crippen LogP contribution in [0.3, 0.4) is 0 Å². The number of imide groups is 2. The van der Waals surface area contributed by atoms with Crippen molar-refractivity contribution in [1.82, 2.24) is 29.9 Å². The van der Waals surface area contributed by atoms with Crippen LogP contribution in [0.2, 0.25) is 0 Å². The van der Waals surface area contributed by atoms with Gasteiger partial charge >= 0.3 is 0 Å². The maximum Gasteiger partial charge on any atom is 0.263 e. The van der Waals surface area contributed by atoms with Crippen molar-refractivity contribution in [2.24, 2.45) is 0 Å². The number of rotatable bonds is 23. The first-order chi connectivity index (χ1) is 35.6. The number of fused-ring (bicyclic) bond motifs is 1. The Morgan fingerprint density at radius 2 is 1.53 bits per heavy atom. The van der Waals surface area contributed by atoms with Crippen LogP contribution in [0.15, 0.2) is 103 Å². The molecule has 3 fully saturated rings. The lowest BCUT2D eigenvalue weighted by atomic mass is 10.00. The minimum atomic E-state index is -1.03. The van der Waals surface area contributed by atoms with Gasteiger partial charge in [-0.05, 0) is 65.4 Å². The molecule has 6 amide bonds. The molecule has 4 aliphatic heterocycles. The van der Waals surface area contributed by atoms with Gasteiger partial charge in [-0.2, -0.15) is 0 Å².